The van der Waals surface area contributed by atoms with Gasteiger partial charge in [-0.05, 0) is 61.1 Å². The zero-order chi connectivity index (χ0) is 35.9. The van der Waals surface area contributed by atoms with E-state index in [0.717, 1.165) is 62.8 Å². The van der Waals surface area contributed by atoms with E-state index in [1.807, 2.05) is 13.8 Å². The Kier molecular flexibility index (Phi) is 10.7. The SMILES string of the molecule is CCCCCc1cc2cc(c1)Oc1cc(c([N+](=O)[O-])cc1[N+](=O)[O-])Oc1cc(CCCCC)cc(c1)Oc1cc(c([N+](=O)[O-])cc1[N+](=O)[O-])O2. The van der Waals surface area contributed by atoms with E-state index in [9.17, 15) is 40.5 Å². The van der Waals surface area contributed by atoms with Crippen molar-refractivity contribution in [3.8, 4) is 46.0 Å². The molecule has 0 atom stereocenters. The number of ether oxygens (including phenoxy) is 4. The van der Waals surface area contributed by atoms with Gasteiger partial charge >= 0.3 is 22.7 Å². The highest BCUT2D eigenvalue weighted by Gasteiger charge is 2.30. The molecule has 0 amide bonds. The van der Waals surface area contributed by atoms with Gasteiger partial charge in [0.1, 0.15) is 35.1 Å². The van der Waals surface area contributed by atoms with Crippen LogP contribution >= 0.6 is 0 Å². The van der Waals surface area contributed by atoms with Crippen molar-refractivity contribution >= 4 is 22.7 Å². The van der Waals surface area contributed by atoms with Crippen LogP contribution in [0, 0.1) is 40.5 Å². The van der Waals surface area contributed by atoms with Crippen LogP contribution < -0.4 is 18.9 Å². The largest absolute Gasteiger partial charge is 0.450 e. The summed E-state index contributed by atoms with van der Waals surface area (Å²) >= 11 is 0. The van der Waals surface area contributed by atoms with E-state index in [4.69, 9.17) is 18.9 Å². The molecule has 0 fully saturated rings. The fourth-order valence-electron chi connectivity index (χ4n) is 5.43. The van der Waals surface area contributed by atoms with Crippen molar-refractivity contribution in [1.29, 1.82) is 0 Å². The molecule has 0 aromatic heterocycles. The lowest BCUT2D eigenvalue weighted by atomic mass is 10.1. The first-order chi connectivity index (χ1) is 23.9. The van der Waals surface area contributed by atoms with Gasteiger partial charge in [-0.1, -0.05) is 39.5 Å². The van der Waals surface area contributed by atoms with E-state index >= 15 is 0 Å². The molecular formula is C34H32N4O12. The highest BCUT2D eigenvalue weighted by Crippen LogP contribution is 2.47. The third-order valence-corrected chi connectivity index (χ3v) is 7.80. The summed E-state index contributed by atoms with van der Waals surface area (Å²) < 4.78 is 24.0. The minimum atomic E-state index is -0.824. The Morgan fingerprint density at radius 1 is 0.420 bits per heavy atom. The molecule has 1 heterocycles. The fraction of sp³-hybridized carbons (Fsp3) is 0.294. The molecule has 16 heteroatoms. The van der Waals surface area contributed by atoms with E-state index < -0.39 is 42.4 Å². The van der Waals surface area contributed by atoms with Gasteiger partial charge in [0, 0.05) is 24.3 Å². The summed E-state index contributed by atoms with van der Waals surface area (Å²) in [5.41, 5.74) is -1.54. The van der Waals surface area contributed by atoms with Gasteiger partial charge in [-0.25, -0.2) is 0 Å². The van der Waals surface area contributed by atoms with Crippen LogP contribution in [0.5, 0.6) is 46.0 Å². The lowest BCUT2D eigenvalue weighted by Gasteiger charge is -2.16. The van der Waals surface area contributed by atoms with Crippen molar-refractivity contribution in [2.45, 2.75) is 65.2 Å². The normalized spacial score (nSPS) is 11.7. The van der Waals surface area contributed by atoms with E-state index in [1.165, 1.54) is 12.1 Å². The number of nitro groups is 4. The van der Waals surface area contributed by atoms with Crippen LogP contribution in [0.1, 0.15) is 63.5 Å². The molecule has 260 valence electrons. The Bertz CT molecular complexity index is 1720. The fourth-order valence-corrected chi connectivity index (χ4v) is 5.43. The van der Waals surface area contributed by atoms with Crippen LogP contribution in [-0.2, 0) is 12.8 Å². The standard InChI is InChI=1S/C34H32N4O12/c1-3-5-7-9-21-11-23-15-24(12-21)48-32-20-34(30(38(45)46)18-28(32)36(41)42)50-26-14-22(10-8-6-4-2)13-25(16-26)49-33-19-31(47-23)27(35(39)40)17-29(33)37(43)44/h11-20H,3-10H2,1-2H3. The lowest BCUT2D eigenvalue weighted by molar-refractivity contribution is -0.395. The van der Waals surface area contributed by atoms with Crippen LogP contribution in [0.3, 0.4) is 0 Å². The van der Waals surface area contributed by atoms with Gasteiger partial charge in [-0.2, -0.15) is 0 Å². The monoisotopic (exact) mass is 688 g/mol. The van der Waals surface area contributed by atoms with Gasteiger partial charge in [-0.15, -0.1) is 0 Å². The number of nitrogens with zero attached hydrogens (tertiary/aromatic N) is 4. The summed E-state index contributed by atoms with van der Waals surface area (Å²) in [6.07, 6.45) is 6.13. The highest BCUT2D eigenvalue weighted by atomic mass is 16.6. The average Bonchev–Trinajstić information content (AvgIpc) is 3.04. The number of benzene rings is 4. The van der Waals surface area contributed by atoms with E-state index in [1.54, 1.807) is 24.3 Å². The second-order valence-corrected chi connectivity index (χ2v) is 11.6. The molecule has 8 bridgehead atoms. The molecule has 4 aromatic carbocycles. The van der Waals surface area contributed by atoms with Crippen LogP contribution in [0.15, 0.2) is 60.7 Å². The summed E-state index contributed by atoms with van der Waals surface area (Å²) in [6, 6.07) is 12.6. The molecule has 0 aliphatic carbocycles. The van der Waals surface area contributed by atoms with Crippen molar-refractivity contribution < 1.29 is 38.6 Å². The van der Waals surface area contributed by atoms with Gasteiger partial charge < -0.3 is 18.9 Å². The summed E-state index contributed by atoms with van der Waals surface area (Å²) in [5, 5.41) is 48.5. The Labute approximate surface area is 284 Å². The first-order valence-corrected chi connectivity index (χ1v) is 15.9. The maximum atomic E-state index is 12.1. The molecule has 0 saturated heterocycles. The number of nitro benzene ring substituents is 4. The first-order valence-electron chi connectivity index (χ1n) is 15.9. The summed E-state index contributed by atoms with van der Waals surface area (Å²) in [7, 11) is 0. The summed E-state index contributed by atoms with van der Waals surface area (Å²) in [4.78, 5) is 45.2. The minimum Gasteiger partial charge on any atom is -0.450 e. The number of rotatable bonds is 12. The van der Waals surface area contributed by atoms with Crippen LogP contribution in [0.25, 0.3) is 0 Å². The molecule has 1 aliphatic rings. The molecule has 5 rings (SSSR count). The van der Waals surface area contributed by atoms with Gasteiger partial charge in [-0.3, -0.25) is 40.5 Å². The van der Waals surface area contributed by atoms with Crippen LogP contribution in [-0.4, -0.2) is 19.7 Å². The number of hydrogen-bond donors (Lipinski definition) is 0. The molecule has 0 spiro atoms. The molecule has 0 saturated carbocycles. The number of aryl methyl sites for hydroxylation is 2. The minimum absolute atomic E-state index is 0.0187. The van der Waals surface area contributed by atoms with Crippen molar-refractivity contribution in [2.75, 3.05) is 0 Å². The predicted molar refractivity (Wildman–Crippen MR) is 179 cm³/mol. The Morgan fingerprint density at radius 3 is 0.940 bits per heavy atom. The van der Waals surface area contributed by atoms with Gasteiger partial charge in [0.15, 0.2) is 0 Å². The number of unbranched alkanes of at least 4 members (excludes halogenated alkanes) is 4. The highest BCUT2D eigenvalue weighted by molar-refractivity contribution is 5.65. The summed E-state index contributed by atoms with van der Waals surface area (Å²) in [6.45, 7) is 4.04. The lowest BCUT2D eigenvalue weighted by Crippen LogP contribution is -2.02. The quantitative estimate of drug-likeness (QED) is 0.0680. The Hall–Kier alpha value is -6.32. The number of fused-ring (bicyclic) bond motifs is 8. The maximum absolute atomic E-state index is 12.1. The smallest absolute Gasteiger partial charge is 0.318 e. The Balaban J connectivity index is 1.78. The molecule has 50 heavy (non-hydrogen) atoms. The summed E-state index contributed by atoms with van der Waals surface area (Å²) in [5.74, 6) is -1.43. The molecule has 0 radical (unpaired) electrons. The molecule has 0 N–H and O–H groups in total. The topological polar surface area (TPSA) is 209 Å². The predicted octanol–water partition coefficient (Wildman–Crippen LogP) is 10.3. The second kappa shape index (κ2) is 15.3. The number of hydrogen-bond acceptors (Lipinski definition) is 12. The molecular weight excluding hydrogens is 656 g/mol. The Morgan fingerprint density at radius 2 is 0.700 bits per heavy atom. The van der Waals surface area contributed by atoms with Crippen molar-refractivity contribution in [1.82, 2.24) is 0 Å². The molecule has 0 unspecified atom stereocenters. The zero-order valence-electron chi connectivity index (χ0n) is 27.1. The molecule has 1 aliphatic heterocycles. The third-order valence-electron chi connectivity index (χ3n) is 7.80. The third kappa shape index (κ3) is 8.21. The van der Waals surface area contributed by atoms with Crippen molar-refractivity contribution in [3.63, 3.8) is 0 Å². The maximum Gasteiger partial charge on any atom is 0.318 e. The van der Waals surface area contributed by atoms with Crippen molar-refractivity contribution in [2.24, 2.45) is 0 Å². The van der Waals surface area contributed by atoms with E-state index in [-0.39, 0.29) is 46.0 Å². The zero-order valence-corrected chi connectivity index (χ0v) is 27.1. The van der Waals surface area contributed by atoms with Gasteiger partial charge in [0.05, 0.1) is 19.7 Å². The first kappa shape index (κ1) is 35.0. The second-order valence-electron chi connectivity index (χ2n) is 11.6. The van der Waals surface area contributed by atoms with Gasteiger partial charge in [0.25, 0.3) is 0 Å². The van der Waals surface area contributed by atoms with Crippen LogP contribution in [0.2, 0.25) is 0 Å². The average molecular weight is 689 g/mol. The molecule has 16 nitrogen and oxygen atoms in total. The van der Waals surface area contributed by atoms with Gasteiger partial charge in [0.2, 0.25) is 23.0 Å². The van der Waals surface area contributed by atoms with Crippen molar-refractivity contribution in [3.05, 3.63) is 112 Å². The van der Waals surface area contributed by atoms with Crippen LogP contribution in [0.4, 0.5) is 22.7 Å². The van der Waals surface area contributed by atoms with E-state index in [0.29, 0.717) is 24.0 Å². The van der Waals surface area contributed by atoms with E-state index in [2.05, 4.69) is 0 Å². The molecule has 4 aromatic rings.